The highest BCUT2D eigenvalue weighted by molar-refractivity contribution is 7.47. The van der Waals surface area contributed by atoms with Crippen LogP contribution in [0.1, 0.15) is 395 Å². The standard InChI is InChI=1S/C76H148O17P2/c1-7-9-11-13-15-17-19-24-29-35-41-47-53-59-74(79)87-64-71(92-75(80)60-54-48-42-36-30-26-23-21-20-22-25-28-32-38-44-50-56-68(3)4)66-90-94(82,83)88-62-70(77)63-89-95(84,85)91-67-72(65-86-73(78)58-52-46-40-34-27-18-16-14-12-10-8-2)93-76(81)61-55-49-43-37-31-33-39-45-51-57-69(5)6/h68-72,77H,7-67H2,1-6H3,(H,82,83)(H,84,85)/t70-,71-,72-/m1/s1. The molecule has 0 aromatic heterocycles. The van der Waals surface area contributed by atoms with Gasteiger partial charge >= 0.3 is 39.5 Å². The van der Waals surface area contributed by atoms with Crippen LogP contribution in [-0.2, 0) is 65.4 Å². The predicted octanol–water partition coefficient (Wildman–Crippen LogP) is 22.3. The summed E-state index contributed by atoms with van der Waals surface area (Å²) in [5, 5.41) is 10.6. The Labute approximate surface area is 581 Å². The maximum Gasteiger partial charge on any atom is 0.472 e. The van der Waals surface area contributed by atoms with E-state index in [2.05, 4.69) is 41.5 Å². The van der Waals surface area contributed by atoms with Gasteiger partial charge in [0, 0.05) is 25.7 Å². The third-order valence-electron chi connectivity index (χ3n) is 17.7. The molecule has 0 fully saturated rings. The molecule has 2 unspecified atom stereocenters. The van der Waals surface area contributed by atoms with Crippen LogP contribution in [0, 0.1) is 11.8 Å². The summed E-state index contributed by atoms with van der Waals surface area (Å²) < 4.78 is 68.5. The van der Waals surface area contributed by atoms with Crippen molar-refractivity contribution in [2.24, 2.45) is 11.8 Å². The Morgan fingerprint density at radius 1 is 0.284 bits per heavy atom. The number of hydrogen-bond acceptors (Lipinski definition) is 15. The maximum absolute atomic E-state index is 13.1. The van der Waals surface area contributed by atoms with Gasteiger partial charge in [-0.3, -0.25) is 37.3 Å². The third-order valence-corrected chi connectivity index (χ3v) is 19.6. The number of carbonyl (C=O) groups excluding carboxylic acids is 4. The molecule has 0 saturated carbocycles. The lowest BCUT2D eigenvalue weighted by molar-refractivity contribution is -0.161. The number of aliphatic hydroxyl groups is 1. The summed E-state index contributed by atoms with van der Waals surface area (Å²) >= 11 is 0. The van der Waals surface area contributed by atoms with Crippen molar-refractivity contribution in [3.05, 3.63) is 0 Å². The van der Waals surface area contributed by atoms with Gasteiger partial charge in [-0.25, -0.2) is 9.13 Å². The van der Waals surface area contributed by atoms with E-state index in [0.717, 1.165) is 102 Å². The molecule has 0 amide bonds. The fraction of sp³-hybridized carbons (Fsp3) is 0.947. The highest BCUT2D eigenvalue weighted by atomic mass is 31.2. The molecule has 0 heterocycles. The van der Waals surface area contributed by atoms with Gasteiger partial charge in [0.2, 0.25) is 0 Å². The highest BCUT2D eigenvalue weighted by Gasteiger charge is 2.30. The lowest BCUT2D eigenvalue weighted by Crippen LogP contribution is -2.30. The molecule has 0 aliphatic carbocycles. The number of esters is 4. The SMILES string of the molecule is CCCCCCCCCCCCCCCC(=O)OC[C@H](COP(=O)(O)OC[C@@H](O)COP(=O)(O)OC[C@@H](COC(=O)CCCCCCCCCCCCC)OC(=O)CCCCCCCCCCCC(C)C)OC(=O)CCCCCCCCCCCCCCCCCCC(C)C. The van der Waals surface area contributed by atoms with Gasteiger partial charge in [0.15, 0.2) is 12.2 Å². The van der Waals surface area contributed by atoms with Crippen LogP contribution in [0.15, 0.2) is 0 Å². The van der Waals surface area contributed by atoms with Gasteiger partial charge in [-0.05, 0) is 37.5 Å². The van der Waals surface area contributed by atoms with Crippen LogP contribution in [0.25, 0.3) is 0 Å². The molecule has 0 saturated heterocycles. The molecule has 5 atom stereocenters. The van der Waals surface area contributed by atoms with Gasteiger partial charge in [-0.15, -0.1) is 0 Å². The van der Waals surface area contributed by atoms with Gasteiger partial charge < -0.3 is 33.8 Å². The Balaban J connectivity index is 5.23. The number of unbranched alkanes of at least 4 members (excludes halogenated alkanes) is 45. The molecule has 0 spiro atoms. The summed E-state index contributed by atoms with van der Waals surface area (Å²) in [7, 11) is -9.91. The van der Waals surface area contributed by atoms with Crippen molar-refractivity contribution in [1.29, 1.82) is 0 Å². The van der Waals surface area contributed by atoms with E-state index in [4.69, 9.17) is 37.0 Å². The second kappa shape index (κ2) is 67.9. The van der Waals surface area contributed by atoms with Gasteiger partial charge in [0.05, 0.1) is 26.4 Å². The molecule has 0 aromatic carbocycles. The van der Waals surface area contributed by atoms with Gasteiger partial charge in [-0.2, -0.15) is 0 Å². The van der Waals surface area contributed by atoms with Gasteiger partial charge in [0.25, 0.3) is 0 Å². The Hall–Kier alpha value is -1.94. The lowest BCUT2D eigenvalue weighted by Gasteiger charge is -2.21. The zero-order valence-corrected chi connectivity index (χ0v) is 63.8. The summed E-state index contributed by atoms with van der Waals surface area (Å²) in [6, 6.07) is 0. The Kier molecular flexibility index (Phi) is 66.5. The summed E-state index contributed by atoms with van der Waals surface area (Å²) in [6.07, 6.45) is 55.4. The first-order chi connectivity index (χ1) is 45.9. The van der Waals surface area contributed by atoms with E-state index in [0.29, 0.717) is 25.7 Å². The average molecular weight is 1400 g/mol. The predicted molar refractivity (Wildman–Crippen MR) is 386 cm³/mol. The van der Waals surface area contributed by atoms with Crippen molar-refractivity contribution in [3.8, 4) is 0 Å². The smallest absolute Gasteiger partial charge is 0.462 e. The van der Waals surface area contributed by atoms with Crippen molar-refractivity contribution in [1.82, 2.24) is 0 Å². The van der Waals surface area contributed by atoms with Crippen LogP contribution >= 0.6 is 15.6 Å². The fourth-order valence-electron chi connectivity index (χ4n) is 11.7. The van der Waals surface area contributed by atoms with E-state index in [-0.39, 0.29) is 25.7 Å². The molecule has 0 rings (SSSR count). The van der Waals surface area contributed by atoms with Gasteiger partial charge in [0.1, 0.15) is 19.3 Å². The van der Waals surface area contributed by atoms with Crippen molar-refractivity contribution in [2.75, 3.05) is 39.6 Å². The van der Waals surface area contributed by atoms with Crippen LogP contribution in [-0.4, -0.2) is 96.7 Å². The molecule has 0 aromatic rings. The highest BCUT2D eigenvalue weighted by Crippen LogP contribution is 2.45. The molecule has 0 radical (unpaired) electrons. The third kappa shape index (κ3) is 70.3. The molecule has 3 N–H and O–H groups in total. The van der Waals surface area contributed by atoms with Crippen LogP contribution in [0.3, 0.4) is 0 Å². The summed E-state index contributed by atoms with van der Waals surface area (Å²) in [6.45, 7) is 9.60. The maximum atomic E-state index is 13.1. The van der Waals surface area contributed by atoms with E-state index in [9.17, 15) is 43.2 Å². The second-order valence-corrected chi connectivity index (χ2v) is 31.3. The van der Waals surface area contributed by atoms with Crippen LogP contribution in [0.2, 0.25) is 0 Å². The molecular weight excluding hydrogens is 1250 g/mol. The summed E-state index contributed by atoms with van der Waals surface area (Å²) in [5.74, 6) is -0.568. The molecule has 0 aliphatic rings. The first kappa shape index (κ1) is 93.1. The van der Waals surface area contributed by atoms with Gasteiger partial charge in [-0.1, -0.05) is 343 Å². The summed E-state index contributed by atoms with van der Waals surface area (Å²) in [4.78, 5) is 72.8. The topological polar surface area (TPSA) is 237 Å². The largest absolute Gasteiger partial charge is 0.472 e. The van der Waals surface area contributed by atoms with Crippen molar-refractivity contribution in [3.63, 3.8) is 0 Å². The first-order valence-corrected chi connectivity index (χ1v) is 42.5. The minimum Gasteiger partial charge on any atom is -0.462 e. The molecule has 0 aliphatic heterocycles. The fourth-order valence-corrected chi connectivity index (χ4v) is 13.2. The molecule has 17 nitrogen and oxygen atoms in total. The van der Waals surface area contributed by atoms with E-state index in [1.54, 1.807) is 0 Å². The van der Waals surface area contributed by atoms with E-state index in [1.165, 1.54) is 212 Å². The van der Waals surface area contributed by atoms with Crippen LogP contribution in [0.5, 0.6) is 0 Å². The Morgan fingerprint density at radius 3 is 0.716 bits per heavy atom. The van der Waals surface area contributed by atoms with E-state index >= 15 is 0 Å². The average Bonchev–Trinajstić information content (AvgIpc) is 1.87. The first-order valence-electron chi connectivity index (χ1n) is 39.5. The minimum atomic E-state index is -4.96. The zero-order valence-electron chi connectivity index (χ0n) is 62.0. The van der Waals surface area contributed by atoms with Crippen LogP contribution in [0.4, 0.5) is 0 Å². The van der Waals surface area contributed by atoms with Crippen molar-refractivity contribution in [2.45, 2.75) is 413 Å². The quantitative estimate of drug-likeness (QED) is 0.0222. The number of carbonyl (C=O) groups is 4. The minimum absolute atomic E-state index is 0.106. The number of phosphoric acid groups is 2. The lowest BCUT2D eigenvalue weighted by atomic mass is 10.0. The van der Waals surface area contributed by atoms with Crippen LogP contribution < -0.4 is 0 Å². The van der Waals surface area contributed by atoms with Crippen molar-refractivity contribution >= 4 is 39.5 Å². The Bertz CT molecular complexity index is 1840. The zero-order chi connectivity index (χ0) is 70.0. The van der Waals surface area contributed by atoms with Crippen molar-refractivity contribution < 1.29 is 80.2 Å². The Morgan fingerprint density at radius 2 is 0.484 bits per heavy atom. The molecule has 0 bridgehead atoms. The number of ether oxygens (including phenoxy) is 4. The molecule has 564 valence electrons. The molecular formula is C76H148O17P2. The monoisotopic (exact) mass is 1400 g/mol. The summed E-state index contributed by atoms with van der Waals surface area (Å²) in [5.41, 5.74) is 0. The number of aliphatic hydroxyl groups excluding tert-OH is 1. The number of hydrogen-bond donors (Lipinski definition) is 3. The number of phosphoric ester groups is 2. The van der Waals surface area contributed by atoms with E-state index in [1.807, 2.05) is 0 Å². The normalized spacial score (nSPS) is 14.0. The molecule has 95 heavy (non-hydrogen) atoms. The molecule has 19 heteroatoms. The second-order valence-electron chi connectivity index (χ2n) is 28.3. The number of rotatable bonds is 75. The van der Waals surface area contributed by atoms with E-state index < -0.39 is 97.5 Å².